The van der Waals surface area contributed by atoms with Crippen molar-refractivity contribution in [2.75, 3.05) is 0 Å². The molecule has 0 spiro atoms. The molecule has 0 fully saturated rings. The van der Waals surface area contributed by atoms with Gasteiger partial charge >= 0.3 is 0 Å². The second-order valence-electron chi connectivity index (χ2n) is 4.56. The maximum atomic E-state index is 10.2. The third-order valence-electron chi connectivity index (χ3n) is 3.29. The van der Waals surface area contributed by atoms with Gasteiger partial charge in [0, 0.05) is 27.0 Å². The van der Waals surface area contributed by atoms with E-state index in [9.17, 15) is 5.11 Å². The van der Waals surface area contributed by atoms with Crippen LogP contribution in [0.1, 0.15) is 29.8 Å². The standard InChI is InChI=1S/C15H12BrClO2/c16-9-5-6-10(12(17)7-9)15-8-13(18)11-3-1-2-4-14(11)19-15/h1-7,13,15,18H,8H2/t13-,15?/m1/s1. The van der Waals surface area contributed by atoms with Crippen LogP contribution in [0.5, 0.6) is 5.75 Å². The van der Waals surface area contributed by atoms with Crippen molar-refractivity contribution in [3.63, 3.8) is 0 Å². The zero-order valence-corrected chi connectivity index (χ0v) is 12.4. The Bertz CT molecular complexity index is 615. The summed E-state index contributed by atoms with van der Waals surface area (Å²) < 4.78 is 6.88. The van der Waals surface area contributed by atoms with Crippen LogP contribution in [0, 0.1) is 0 Å². The fourth-order valence-electron chi connectivity index (χ4n) is 2.35. The molecule has 0 amide bonds. The highest BCUT2D eigenvalue weighted by atomic mass is 79.9. The monoisotopic (exact) mass is 338 g/mol. The van der Waals surface area contributed by atoms with Crippen molar-refractivity contribution in [3.8, 4) is 5.75 Å². The topological polar surface area (TPSA) is 29.5 Å². The Morgan fingerprint density at radius 2 is 1.95 bits per heavy atom. The Kier molecular flexibility index (Phi) is 3.52. The molecular formula is C15H12BrClO2. The minimum Gasteiger partial charge on any atom is -0.485 e. The average molecular weight is 340 g/mol. The van der Waals surface area contributed by atoms with E-state index >= 15 is 0 Å². The number of halogens is 2. The lowest BCUT2D eigenvalue weighted by Crippen LogP contribution is -2.19. The van der Waals surface area contributed by atoms with E-state index in [1.165, 1.54) is 0 Å². The summed E-state index contributed by atoms with van der Waals surface area (Å²) in [5.41, 5.74) is 1.74. The Morgan fingerprint density at radius 3 is 2.74 bits per heavy atom. The first kappa shape index (κ1) is 13.0. The first-order chi connectivity index (χ1) is 9.15. The van der Waals surface area contributed by atoms with Crippen LogP contribution < -0.4 is 4.74 Å². The van der Waals surface area contributed by atoms with Crippen molar-refractivity contribution in [3.05, 3.63) is 63.1 Å². The van der Waals surface area contributed by atoms with Crippen molar-refractivity contribution in [1.29, 1.82) is 0 Å². The molecule has 1 unspecified atom stereocenters. The summed E-state index contributed by atoms with van der Waals surface area (Å²) in [6.45, 7) is 0. The van der Waals surface area contributed by atoms with Gasteiger partial charge in [-0.05, 0) is 18.2 Å². The van der Waals surface area contributed by atoms with Crippen LogP contribution in [-0.2, 0) is 0 Å². The van der Waals surface area contributed by atoms with Crippen LogP contribution >= 0.6 is 27.5 Å². The van der Waals surface area contributed by atoms with Crippen LogP contribution in [0.3, 0.4) is 0 Å². The molecule has 0 saturated carbocycles. The number of ether oxygens (including phenoxy) is 1. The van der Waals surface area contributed by atoms with E-state index < -0.39 is 6.10 Å². The van der Waals surface area contributed by atoms with Crippen LogP contribution in [-0.4, -0.2) is 5.11 Å². The van der Waals surface area contributed by atoms with Crippen LogP contribution in [0.15, 0.2) is 46.9 Å². The van der Waals surface area contributed by atoms with Gasteiger partial charge in [-0.3, -0.25) is 0 Å². The minimum atomic E-state index is -0.519. The lowest BCUT2D eigenvalue weighted by molar-refractivity contribution is 0.0658. The van der Waals surface area contributed by atoms with Crippen molar-refractivity contribution >= 4 is 27.5 Å². The van der Waals surface area contributed by atoms with Gasteiger partial charge in [0.2, 0.25) is 0 Å². The van der Waals surface area contributed by atoms with Gasteiger partial charge in [-0.15, -0.1) is 0 Å². The number of hydrogen-bond acceptors (Lipinski definition) is 2. The lowest BCUT2D eigenvalue weighted by atomic mass is 9.95. The van der Waals surface area contributed by atoms with E-state index in [0.717, 1.165) is 21.3 Å². The molecule has 2 aromatic rings. The fourth-order valence-corrected chi connectivity index (χ4v) is 3.14. The summed E-state index contributed by atoms with van der Waals surface area (Å²) in [5, 5.41) is 10.9. The Hall–Kier alpha value is -1.03. The van der Waals surface area contributed by atoms with E-state index in [1.54, 1.807) is 0 Å². The molecular weight excluding hydrogens is 328 g/mol. The summed E-state index contributed by atoms with van der Waals surface area (Å²) >= 11 is 9.63. The van der Waals surface area contributed by atoms with Gasteiger partial charge in [0.15, 0.2) is 0 Å². The van der Waals surface area contributed by atoms with Crippen molar-refractivity contribution in [1.82, 2.24) is 0 Å². The molecule has 1 heterocycles. The Morgan fingerprint density at radius 1 is 1.16 bits per heavy atom. The lowest BCUT2D eigenvalue weighted by Gasteiger charge is -2.30. The minimum absolute atomic E-state index is 0.217. The second kappa shape index (κ2) is 5.16. The van der Waals surface area contributed by atoms with Gasteiger partial charge in [0.25, 0.3) is 0 Å². The van der Waals surface area contributed by atoms with E-state index in [0.29, 0.717) is 11.4 Å². The van der Waals surface area contributed by atoms with Crippen molar-refractivity contribution in [2.45, 2.75) is 18.6 Å². The van der Waals surface area contributed by atoms with Gasteiger partial charge in [-0.25, -0.2) is 0 Å². The number of aliphatic hydroxyl groups is 1. The molecule has 0 aromatic heterocycles. The zero-order valence-electron chi connectivity index (χ0n) is 10.0. The van der Waals surface area contributed by atoms with E-state index in [-0.39, 0.29) is 6.10 Å². The predicted molar refractivity (Wildman–Crippen MR) is 78.5 cm³/mol. The Balaban J connectivity index is 1.97. The van der Waals surface area contributed by atoms with Crippen LogP contribution in [0.4, 0.5) is 0 Å². The molecule has 4 heteroatoms. The molecule has 3 rings (SSSR count). The molecule has 19 heavy (non-hydrogen) atoms. The summed E-state index contributed by atoms with van der Waals surface area (Å²) in [6.07, 6.45) is -0.224. The van der Waals surface area contributed by atoms with Crippen molar-refractivity contribution in [2.24, 2.45) is 0 Å². The van der Waals surface area contributed by atoms with Gasteiger partial charge in [0.1, 0.15) is 11.9 Å². The highest BCUT2D eigenvalue weighted by molar-refractivity contribution is 9.10. The molecule has 0 bridgehead atoms. The molecule has 1 aliphatic rings. The number of fused-ring (bicyclic) bond motifs is 1. The fraction of sp³-hybridized carbons (Fsp3) is 0.200. The normalized spacial score (nSPS) is 21.6. The maximum absolute atomic E-state index is 10.2. The quantitative estimate of drug-likeness (QED) is 0.819. The third kappa shape index (κ3) is 2.50. The summed E-state index contributed by atoms with van der Waals surface area (Å²) in [4.78, 5) is 0. The number of rotatable bonds is 1. The molecule has 0 radical (unpaired) electrons. The van der Waals surface area contributed by atoms with E-state index in [2.05, 4.69) is 15.9 Å². The third-order valence-corrected chi connectivity index (χ3v) is 4.11. The molecule has 0 saturated heterocycles. The van der Waals surface area contributed by atoms with Gasteiger partial charge < -0.3 is 9.84 Å². The van der Waals surface area contributed by atoms with Crippen molar-refractivity contribution < 1.29 is 9.84 Å². The smallest absolute Gasteiger partial charge is 0.128 e. The molecule has 1 N–H and O–H groups in total. The first-order valence-electron chi connectivity index (χ1n) is 6.04. The average Bonchev–Trinajstić information content (AvgIpc) is 2.38. The molecule has 0 aliphatic carbocycles. The van der Waals surface area contributed by atoms with Crippen LogP contribution in [0.2, 0.25) is 5.02 Å². The predicted octanol–water partition coefficient (Wildman–Crippen LogP) is 4.66. The van der Waals surface area contributed by atoms with Gasteiger partial charge in [0.05, 0.1) is 6.10 Å². The first-order valence-corrected chi connectivity index (χ1v) is 7.21. The SMILES string of the molecule is O[C@@H]1CC(c2ccc(Br)cc2Cl)Oc2ccccc21. The maximum Gasteiger partial charge on any atom is 0.128 e. The second-order valence-corrected chi connectivity index (χ2v) is 5.88. The van der Waals surface area contributed by atoms with Gasteiger partial charge in [-0.2, -0.15) is 0 Å². The van der Waals surface area contributed by atoms with Crippen LogP contribution in [0.25, 0.3) is 0 Å². The summed E-state index contributed by atoms with van der Waals surface area (Å²) in [7, 11) is 0. The molecule has 2 nitrogen and oxygen atoms in total. The number of aliphatic hydroxyl groups excluding tert-OH is 1. The van der Waals surface area contributed by atoms with Gasteiger partial charge in [-0.1, -0.05) is 51.8 Å². The molecule has 1 aliphatic heterocycles. The summed E-state index contributed by atoms with van der Waals surface area (Å²) in [5.74, 6) is 0.727. The van der Waals surface area contributed by atoms with E-state index in [4.69, 9.17) is 16.3 Å². The summed E-state index contributed by atoms with van der Waals surface area (Å²) in [6, 6.07) is 13.3. The zero-order chi connectivity index (χ0) is 13.4. The number of hydrogen-bond donors (Lipinski definition) is 1. The molecule has 98 valence electrons. The Labute approximate surface area is 125 Å². The molecule has 2 atom stereocenters. The number of para-hydroxylation sites is 1. The molecule has 2 aromatic carbocycles. The highest BCUT2D eigenvalue weighted by Crippen LogP contribution is 2.42. The van der Waals surface area contributed by atoms with E-state index in [1.807, 2.05) is 42.5 Å². The largest absolute Gasteiger partial charge is 0.485 e. The number of benzene rings is 2. The highest BCUT2D eigenvalue weighted by Gasteiger charge is 2.28.